The number of hydrogen-bond acceptors (Lipinski definition) is 1. The summed E-state index contributed by atoms with van der Waals surface area (Å²) in [5.41, 5.74) is 2.77. The van der Waals surface area contributed by atoms with Gasteiger partial charge in [-0.25, -0.2) is 0 Å². The van der Waals surface area contributed by atoms with Crippen molar-refractivity contribution in [3.8, 4) is 0 Å². The van der Waals surface area contributed by atoms with Gasteiger partial charge in [-0.15, -0.1) is 0 Å². The van der Waals surface area contributed by atoms with Crippen molar-refractivity contribution in [1.82, 2.24) is 0 Å². The van der Waals surface area contributed by atoms with E-state index in [0.29, 0.717) is 12.2 Å². The lowest BCUT2D eigenvalue weighted by Crippen LogP contribution is -2.35. The minimum absolute atomic E-state index is 0.0733. The zero-order valence-corrected chi connectivity index (χ0v) is 11.5. The van der Waals surface area contributed by atoms with Crippen LogP contribution in [0.1, 0.15) is 37.3 Å². The Morgan fingerprint density at radius 1 is 1.35 bits per heavy atom. The standard InChI is InChI=1S/C15H15BrO/c1-10-9-15(7-6-13(10)17)12-5-3-2-4-11(12)8-14(15)16/h2-5,8,10H,6-7,9H2,1H3. The zero-order chi connectivity index (χ0) is 12.0. The molecule has 0 aromatic heterocycles. The van der Waals surface area contributed by atoms with Crippen molar-refractivity contribution in [2.45, 2.75) is 31.6 Å². The summed E-state index contributed by atoms with van der Waals surface area (Å²) in [7, 11) is 0. The molecule has 0 amide bonds. The number of hydrogen-bond donors (Lipinski definition) is 0. The average Bonchev–Trinajstić information content (AvgIpc) is 2.58. The molecule has 0 heterocycles. The van der Waals surface area contributed by atoms with Crippen LogP contribution in [-0.2, 0) is 10.2 Å². The van der Waals surface area contributed by atoms with E-state index >= 15 is 0 Å². The van der Waals surface area contributed by atoms with Crippen molar-refractivity contribution in [2.24, 2.45) is 5.92 Å². The van der Waals surface area contributed by atoms with E-state index in [2.05, 4.69) is 53.2 Å². The quantitative estimate of drug-likeness (QED) is 0.704. The molecule has 0 saturated heterocycles. The molecule has 2 aliphatic rings. The summed E-state index contributed by atoms with van der Waals surface area (Å²) >= 11 is 3.74. The summed E-state index contributed by atoms with van der Waals surface area (Å²) in [5.74, 6) is 0.594. The Bertz CT molecular complexity index is 517. The molecule has 0 radical (unpaired) electrons. The van der Waals surface area contributed by atoms with Gasteiger partial charge >= 0.3 is 0 Å². The van der Waals surface area contributed by atoms with Crippen molar-refractivity contribution in [3.63, 3.8) is 0 Å². The molecule has 2 aliphatic carbocycles. The lowest BCUT2D eigenvalue weighted by Gasteiger charge is -2.38. The van der Waals surface area contributed by atoms with Gasteiger partial charge in [-0.05, 0) is 30.0 Å². The minimum Gasteiger partial charge on any atom is -0.299 e. The van der Waals surface area contributed by atoms with Gasteiger partial charge in [-0.2, -0.15) is 0 Å². The van der Waals surface area contributed by atoms with Crippen molar-refractivity contribution in [1.29, 1.82) is 0 Å². The Morgan fingerprint density at radius 3 is 2.88 bits per heavy atom. The van der Waals surface area contributed by atoms with Crippen LogP contribution in [0.15, 0.2) is 28.7 Å². The first-order valence-corrected chi connectivity index (χ1v) is 6.93. The first-order chi connectivity index (χ1) is 8.13. The van der Waals surface area contributed by atoms with Gasteiger partial charge in [0, 0.05) is 22.2 Å². The van der Waals surface area contributed by atoms with Crippen molar-refractivity contribution in [3.05, 3.63) is 39.9 Å². The van der Waals surface area contributed by atoms with Crippen molar-refractivity contribution >= 4 is 27.8 Å². The van der Waals surface area contributed by atoms with E-state index in [1.807, 2.05) is 0 Å². The number of carbonyl (C=O) groups excluding carboxylic acids is 1. The molecule has 1 aromatic carbocycles. The summed E-state index contributed by atoms with van der Waals surface area (Å²) in [6.07, 6.45) is 4.82. The predicted octanol–water partition coefficient (Wildman–Crippen LogP) is 4.06. The van der Waals surface area contributed by atoms with Gasteiger partial charge in [0.25, 0.3) is 0 Å². The molecule has 88 valence electrons. The monoisotopic (exact) mass is 290 g/mol. The molecular weight excluding hydrogens is 276 g/mol. The highest BCUT2D eigenvalue weighted by atomic mass is 79.9. The van der Waals surface area contributed by atoms with Crippen LogP contribution in [-0.4, -0.2) is 5.78 Å². The zero-order valence-electron chi connectivity index (χ0n) is 9.87. The molecule has 0 bridgehead atoms. The second kappa shape index (κ2) is 3.81. The van der Waals surface area contributed by atoms with Crippen LogP contribution in [0.2, 0.25) is 0 Å². The Kier molecular flexibility index (Phi) is 2.51. The molecular formula is C15H15BrO. The maximum atomic E-state index is 11.7. The minimum atomic E-state index is 0.0733. The van der Waals surface area contributed by atoms with Crippen LogP contribution in [0.3, 0.4) is 0 Å². The summed E-state index contributed by atoms with van der Waals surface area (Å²) in [6, 6.07) is 8.54. The molecule has 1 aromatic rings. The van der Waals surface area contributed by atoms with E-state index in [1.54, 1.807) is 0 Å². The van der Waals surface area contributed by atoms with Crippen molar-refractivity contribution in [2.75, 3.05) is 0 Å². The fourth-order valence-electron chi connectivity index (χ4n) is 3.25. The highest BCUT2D eigenvalue weighted by Crippen LogP contribution is 2.53. The number of benzene rings is 1. The van der Waals surface area contributed by atoms with Crippen LogP contribution < -0.4 is 0 Å². The summed E-state index contributed by atoms with van der Waals surface area (Å²) in [6.45, 7) is 2.06. The molecule has 1 fully saturated rings. The Morgan fingerprint density at radius 2 is 2.12 bits per heavy atom. The molecule has 3 rings (SSSR count). The SMILES string of the molecule is CC1CC2(CCC1=O)C(Br)=Cc1ccccc12. The maximum absolute atomic E-state index is 11.7. The number of allylic oxidation sites excluding steroid dienone is 1. The van der Waals surface area contributed by atoms with E-state index in [4.69, 9.17) is 0 Å². The molecule has 2 unspecified atom stereocenters. The van der Waals surface area contributed by atoms with Gasteiger partial charge < -0.3 is 0 Å². The van der Waals surface area contributed by atoms with Crippen LogP contribution in [0.5, 0.6) is 0 Å². The summed E-state index contributed by atoms with van der Waals surface area (Å²) in [4.78, 5) is 11.7. The Hall–Kier alpha value is -0.890. The third-order valence-corrected chi connectivity index (χ3v) is 5.21. The Balaban J connectivity index is 2.09. The third-order valence-electron chi connectivity index (χ3n) is 4.22. The van der Waals surface area contributed by atoms with Crippen LogP contribution in [0.4, 0.5) is 0 Å². The van der Waals surface area contributed by atoms with E-state index in [-0.39, 0.29) is 11.3 Å². The Labute approximate surface area is 110 Å². The normalized spacial score (nSPS) is 31.5. The summed E-state index contributed by atoms with van der Waals surface area (Å²) < 4.78 is 1.26. The van der Waals surface area contributed by atoms with Gasteiger partial charge in [-0.1, -0.05) is 47.1 Å². The van der Waals surface area contributed by atoms with Crippen LogP contribution in [0.25, 0.3) is 6.08 Å². The number of halogens is 1. The number of Topliss-reactive ketones (excluding diaryl/α,β-unsaturated/α-hetero) is 1. The largest absolute Gasteiger partial charge is 0.299 e. The highest BCUT2D eigenvalue weighted by molar-refractivity contribution is 9.11. The topological polar surface area (TPSA) is 17.1 Å². The van der Waals surface area contributed by atoms with Crippen LogP contribution in [0, 0.1) is 5.92 Å². The van der Waals surface area contributed by atoms with E-state index in [9.17, 15) is 4.79 Å². The second-order valence-corrected chi connectivity index (χ2v) is 6.09. The average molecular weight is 291 g/mol. The van der Waals surface area contributed by atoms with E-state index < -0.39 is 0 Å². The summed E-state index contributed by atoms with van der Waals surface area (Å²) in [5, 5.41) is 0. The lowest BCUT2D eigenvalue weighted by molar-refractivity contribution is -0.125. The molecule has 2 atom stereocenters. The number of carbonyl (C=O) groups is 1. The molecule has 1 saturated carbocycles. The molecule has 2 heteroatoms. The molecule has 0 aliphatic heterocycles. The predicted molar refractivity (Wildman–Crippen MR) is 73.0 cm³/mol. The van der Waals surface area contributed by atoms with Gasteiger partial charge in [0.05, 0.1) is 0 Å². The fraction of sp³-hybridized carbons (Fsp3) is 0.400. The highest BCUT2D eigenvalue weighted by Gasteiger charge is 2.45. The van der Waals surface area contributed by atoms with Gasteiger partial charge in [0.15, 0.2) is 0 Å². The number of rotatable bonds is 0. The number of ketones is 1. The lowest BCUT2D eigenvalue weighted by atomic mass is 9.67. The molecule has 0 N–H and O–H groups in total. The van der Waals surface area contributed by atoms with Gasteiger partial charge in [0.2, 0.25) is 0 Å². The smallest absolute Gasteiger partial charge is 0.135 e. The third kappa shape index (κ3) is 1.54. The first kappa shape index (κ1) is 11.2. The van der Waals surface area contributed by atoms with E-state index in [0.717, 1.165) is 12.8 Å². The fourth-order valence-corrected chi connectivity index (χ4v) is 4.07. The molecule has 1 nitrogen and oxygen atoms in total. The van der Waals surface area contributed by atoms with Crippen LogP contribution >= 0.6 is 15.9 Å². The first-order valence-electron chi connectivity index (χ1n) is 6.13. The van der Waals surface area contributed by atoms with Crippen molar-refractivity contribution < 1.29 is 4.79 Å². The van der Waals surface area contributed by atoms with E-state index in [1.165, 1.54) is 15.6 Å². The maximum Gasteiger partial charge on any atom is 0.135 e. The molecule has 1 spiro atoms. The number of fused-ring (bicyclic) bond motifs is 2. The van der Waals surface area contributed by atoms with Gasteiger partial charge in [0.1, 0.15) is 5.78 Å². The van der Waals surface area contributed by atoms with Gasteiger partial charge in [-0.3, -0.25) is 4.79 Å². The second-order valence-electron chi connectivity index (χ2n) is 5.23. The molecule has 17 heavy (non-hydrogen) atoms.